The summed E-state index contributed by atoms with van der Waals surface area (Å²) in [5, 5.41) is 0. The summed E-state index contributed by atoms with van der Waals surface area (Å²) < 4.78 is 18.1. The summed E-state index contributed by atoms with van der Waals surface area (Å²) in [6, 6.07) is 27.6. The molecule has 0 saturated heterocycles. The molecule has 2 nitrogen and oxygen atoms in total. The van der Waals surface area contributed by atoms with Crippen LogP contribution in [0.4, 0.5) is 0 Å². The van der Waals surface area contributed by atoms with Crippen LogP contribution >= 0.6 is 0 Å². The van der Waals surface area contributed by atoms with E-state index in [9.17, 15) is 4.21 Å². The minimum absolute atomic E-state index is 0.245. The average molecular weight is 335 g/mol. The summed E-state index contributed by atoms with van der Waals surface area (Å²) in [6.45, 7) is 2.00. The van der Waals surface area contributed by atoms with Crippen LogP contribution in [0.2, 0.25) is 0 Å². The first kappa shape index (κ1) is 16.5. The lowest BCUT2D eigenvalue weighted by Gasteiger charge is -2.16. The van der Waals surface area contributed by atoms with Gasteiger partial charge in [-0.3, -0.25) is 0 Å². The topological polar surface area (TPSA) is 29.4 Å². The number of hydrogen-bond donors (Lipinski definition) is 0. The Kier molecular flexibility index (Phi) is 4.81. The maximum absolute atomic E-state index is 13.3. The molecule has 3 aromatic carbocycles. The van der Waals surface area contributed by atoms with Crippen LogP contribution in [-0.4, -0.2) is 10.5 Å². The van der Waals surface area contributed by atoms with Crippen molar-refractivity contribution < 1.29 is 4.21 Å². The second-order valence-corrected chi connectivity index (χ2v) is 8.24. The molecule has 0 radical (unpaired) electrons. The summed E-state index contributed by atoms with van der Waals surface area (Å²) in [6.07, 6.45) is 1.72. The summed E-state index contributed by atoms with van der Waals surface area (Å²) in [5.74, 6) is 0. The molecule has 0 aromatic heterocycles. The van der Waals surface area contributed by atoms with Gasteiger partial charge in [-0.05, 0) is 35.7 Å². The lowest BCUT2D eigenvalue weighted by molar-refractivity contribution is 0.675. The minimum Gasteiger partial charge on any atom is -0.245 e. The molecule has 1 unspecified atom stereocenters. The number of hydrogen-bond acceptors (Lipinski definition) is 2. The monoisotopic (exact) mass is 335 g/mol. The first-order valence-corrected chi connectivity index (χ1v) is 9.86. The fourth-order valence-corrected chi connectivity index (χ4v) is 4.20. The van der Waals surface area contributed by atoms with Crippen molar-refractivity contribution in [3.63, 3.8) is 0 Å². The lowest BCUT2D eigenvalue weighted by atomic mass is 10.00. The Morgan fingerprint density at radius 3 is 1.83 bits per heavy atom. The Balaban J connectivity index is 2.14. The van der Waals surface area contributed by atoms with Gasteiger partial charge in [0, 0.05) is 11.2 Å². The Morgan fingerprint density at radius 1 is 0.792 bits per heavy atom. The summed E-state index contributed by atoms with van der Waals surface area (Å²) in [7, 11) is -2.50. The zero-order valence-corrected chi connectivity index (χ0v) is 14.7. The van der Waals surface area contributed by atoms with Crippen LogP contribution in [-0.2, 0) is 9.73 Å². The highest BCUT2D eigenvalue weighted by molar-refractivity contribution is 7.93. The van der Waals surface area contributed by atoms with Gasteiger partial charge in [0.15, 0.2) is 0 Å². The van der Waals surface area contributed by atoms with E-state index in [1.54, 1.807) is 6.26 Å². The molecule has 0 amide bonds. The predicted octanol–water partition coefficient (Wildman–Crippen LogP) is 5.24. The van der Waals surface area contributed by atoms with E-state index in [2.05, 4.69) is 0 Å². The molecule has 3 heteroatoms. The van der Waals surface area contributed by atoms with E-state index in [1.807, 2.05) is 91.9 Å². The van der Waals surface area contributed by atoms with E-state index in [1.165, 1.54) is 0 Å². The van der Waals surface area contributed by atoms with Crippen molar-refractivity contribution in [2.75, 3.05) is 6.26 Å². The third-order valence-electron chi connectivity index (χ3n) is 3.96. The molecule has 3 aromatic rings. The fourth-order valence-electron chi connectivity index (χ4n) is 2.70. The maximum atomic E-state index is 13.3. The van der Waals surface area contributed by atoms with E-state index in [4.69, 9.17) is 4.36 Å². The van der Waals surface area contributed by atoms with E-state index >= 15 is 0 Å². The quantitative estimate of drug-likeness (QED) is 0.641. The second kappa shape index (κ2) is 7.02. The molecule has 3 rings (SSSR count). The smallest absolute Gasteiger partial charge is 0.110 e. The highest BCUT2D eigenvalue weighted by atomic mass is 32.2. The molecular weight excluding hydrogens is 314 g/mol. The third kappa shape index (κ3) is 3.74. The Bertz CT molecular complexity index is 887. The van der Waals surface area contributed by atoms with E-state index < -0.39 is 9.73 Å². The normalized spacial score (nSPS) is 13.5. The number of nitrogens with zero attached hydrogens (tertiary/aromatic N) is 1. The third-order valence-corrected chi connectivity index (χ3v) is 5.71. The highest BCUT2D eigenvalue weighted by Gasteiger charge is 2.16. The molecule has 1 atom stereocenters. The molecule has 122 valence electrons. The van der Waals surface area contributed by atoms with Gasteiger partial charge >= 0.3 is 0 Å². The van der Waals surface area contributed by atoms with Crippen LogP contribution in [0, 0.1) is 6.92 Å². The molecule has 0 aliphatic heterocycles. The van der Waals surface area contributed by atoms with Crippen molar-refractivity contribution in [2.45, 2.75) is 17.9 Å². The first-order valence-electron chi connectivity index (χ1n) is 7.94. The summed E-state index contributed by atoms with van der Waals surface area (Å²) in [4.78, 5) is 0.777. The molecule has 0 aliphatic carbocycles. The molecule has 0 heterocycles. The largest absolute Gasteiger partial charge is 0.245 e. The average Bonchev–Trinajstić information content (AvgIpc) is 2.61. The van der Waals surface area contributed by atoms with Crippen LogP contribution in [0.3, 0.4) is 0 Å². The second-order valence-electron chi connectivity index (χ2n) is 5.95. The van der Waals surface area contributed by atoms with Gasteiger partial charge in [0.2, 0.25) is 0 Å². The van der Waals surface area contributed by atoms with Crippen LogP contribution in [0.25, 0.3) is 0 Å². The Hall–Kier alpha value is -2.39. The van der Waals surface area contributed by atoms with Gasteiger partial charge in [-0.1, -0.05) is 72.8 Å². The van der Waals surface area contributed by atoms with Gasteiger partial charge in [0.05, 0.1) is 9.73 Å². The van der Waals surface area contributed by atoms with Crippen molar-refractivity contribution in [1.82, 2.24) is 0 Å². The Morgan fingerprint density at radius 2 is 1.33 bits per heavy atom. The highest BCUT2D eigenvalue weighted by Crippen LogP contribution is 2.29. The zero-order chi connectivity index (χ0) is 17.0. The van der Waals surface area contributed by atoms with Crippen LogP contribution in [0.5, 0.6) is 0 Å². The van der Waals surface area contributed by atoms with Gasteiger partial charge in [0.25, 0.3) is 0 Å². The SMILES string of the molecule is Cc1cccc(S(C)(=O)=NC(c2ccccc2)c2ccccc2)c1. The predicted molar refractivity (Wildman–Crippen MR) is 101 cm³/mol. The van der Waals surface area contributed by atoms with Crippen LogP contribution in [0.1, 0.15) is 22.7 Å². The van der Waals surface area contributed by atoms with Gasteiger partial charge in [-0.15, -0.1) is 0 Å². The van der Waals surface area contributed by atoms with Crippen LogP contribution in [0.15, 0.2) is 94.2 Å². The molecule has 0 aliphatic rings. The summed E-state index contributed by atoms with van der Waals surface area (Å²) in [5.41, 5.74) is 3.19. The standard InChI is InChI=1S/C21H21NOS/c1-17-10-9-15-20(16-17)24(2,23)22-21(18-11-5-3-6-12-18)19-13-7-4-8-14-19/h3-16,21H,1-2H3. The molecule has 0 spiro atoms. The number of aryl methyl sites for hydroxylation is 1. The molecule has 24 heavy (non-hydrogen) atoms. The van der Waals surface area contributed by atoms with Crippen molar-refractivity contribution in [2.24, 2.45) is 4.36 Å². The molecule has 0 N–H and O–H groups in total. The van der Waals surface area contributed by atoms with Crippen LogP contribution < -0.4 is 0 Å². The number of rotatable bonds is 4. The van der Waals surface area contributed by atoms with Gasteiger partial charge < -0.3 is 0 Å². The molecule has 0 fully saturated rings. The van der Waals surface area contributed by atoms with E-state index in [0.29, 0.717) is 0 Å². The van der Waals surface area contributed by atoms with Crippen molar-refractivity contribution >= 4 is 9.73 Å². The van der Waals surface area contributed by atoms with Gasteiger partial charge in [-0.2, -0.15) is 0 Å². The minimum atomic E-state index is -2.50. The van der Waals surface area contributed by atoms with Crippen molar-refractivity contribution in [3.8, 4) is 0 Å². The van der Waals surface area contributed by atoms with Gasteiger partial charge in [-0.25, -0.2) is 8.57 Å². The molecule has 0 bridgehead atoms. The molecular formula is C21H21NOS. The molecule has 0 saturated carbocycles. The lowest BCUT2D eigenvalue weighted by Crippen LogP contribution is -2.05. The zero-order valence-electron chi connectivity index (χ0n) is 13.9. The Labute approximate surface area is 144 Å². The van der Waals surface area contributed by atoms with E-state index in [0.717, 1.165) is 21.6 Å². The fraction of sp³-hybridized carbons (Fsp3) is 0.143. The first-order chi connectivity index (χ1) is 11.6. The van der Waals surface area contributed by atoms with Crippen molar-refractivity contribution in [3.05, 3.63) is 102 Å². The number of benzene rings is 3. The van der Waals surface area contributed by atoms with E-state index in [-0.39, 0.29) is 6.04 Å². The summed E-state index contributed by atoms with van der Waals surface area (Å²) >= 11 is 0. The van der Waals surface area contributed by atoms with Crippen molar-refractivity contribution in [1.29, 1.82) is 0 Å². The van der Waals surface area contributed by atoms with Gasteiger partial charge in [0.1, 0.15) is 6.04 Å². The maximum Gasteiger partial charge on any atom is 0.110 e.